The lowest BCUT2D eigenvalue weighted by Gasteiger charge is -2.29. The monoisotopic (exact) mass is 294 g/mol. The molecule has 1 saturated heterocycles. The van der Waals surface area contributed by atoms with Crippen LogP contribution in [-0.4, -0.2) is 42.6 Å². The van der Waals surface area contributed by atoms with Crippen molar-refractivity contribution in [3.63, 3.8) is 0 Å². The number of benzene rings is 1. The van der Waals surface area contributed by atoms with Crippen LogP contribution in [0.1, 0.15) is 24.0 Å². The summed E-state index contributed by atoms with van der Waals surface area (Å²) < 4.78 is 13.3. The molecule has 2 rings (SSSR count). The highest BCUT2D eigenvalue weighted by Crippen LogP contribution is 2.15. The molecule has 0 radical (unpaired) electrons. The van der Waals surface area contributed by atoms with Gasteiger partial charge in [-0.1, -0.05) is 11.2 Å². The van der Waals surface area contributed by atoms with E-state index in [9.17, 15) is 4.39 Å². The van der Waals surface area contributed by atoms with E-state index in [0.29, 0.717) is 18.0 Å². The largest absolute Gasteiger partial charge is 0.409 e. The summed E-state index contributed by atoms with van der Waals surface area (Å²) in [5.74, 6) is 0.175. The van der Waals surface area contributed by atoms with Crippen molar-refractivity contribution in [3.8, 4) is 0 Å². The Kier molecular flexibility index (Phi) is 5.52. The molecule has 1 aromatic rings. The molecule has 0 amide bonds. The van der Waals surface area contributed by atoms with Gasteiger partial charge >= 0.3 is 0 Å². The van der Waals surface area contributed by atoms with E-state index in [1.54, 1.807) is 6.07 Å². The zero-order valence-electron chi connectivity index (χ0n) is 12.3. The molecule has 0 spiro atoms. The number of hydrogen-bond acceptors (Lipinski definition) is 4. The molecule has 1 aliphatic rings. The Hall–Kier alpha value is -1.66. The van der Waals surface area contributed by atoms with Crippen molar-refractivity contribution >= 4 is 5.84 Å². The van der Waals surface area contributed by atoms with Crippen LogP contribution in [0.3, 0.4) is 0 Å². The molecule has 0 bridgehead atoms. The molecule has 1 unspecified atom stereocenters. The van der Waals surface area contributed by atoms with Gasteiger partial charge < -0.3 is 21.2 Å². The summed E-state index contributed by atoms with van der Waals surface area (Å²) in [4.78, 5) is 2.34. The summed E-state index contributed by atoms with van der Waals surface area (Å²) in [5, 5.41) is 15.1. The van der Waals surface area contributed by atoms with Crippen LogP contribution in [0.25, 0.3) is 0 Å². The van der Waals surface area contributed by atoms with Gasteiger partial charge in [-0.25, -0.2) is 4.39 Å². The predicted molar refractivity (Wildman–Crippen MR) is 80.8 cm³/mol. The molecular formula is C15H23FN4O. The zero-order valence-corrected chi connectivity index (χ0v) is 12.3. The van der Waals surface area contributed by atoms with E-state index >= 15 is 0 Å². The molecule has 1 aromatic carbocycles. The number of amidine groups is 1. The highest BCUT2D eigenvalue weighted by Gasteiger charge is 2.17. The number of oxime groups is 1. The van der Waals surface area contributed by atoms with Gasteiger partial charge in [0, 0.05) is 18.7 Å². The van der Waals surface area contributed by atoms with Gasteiger partial charge in [0.15, 0.2) is 5.84 Å². The Balaban J connectivity index is 1.93. The van der Waals surface area contributed by atoms with Crippen molar-refractivity contribution in [2.75, 3.05) is 26.7 Å². The second kappa shape index (κ2) is 7.38. The van der Waals surface area contributed by atoms with Crippen LogP contribution < -0.4 is 11.1 Å². The van der Waals surface area contributed by atoms with Crippen molar-refractivity contribution in [2.45, 2.75) is 19.4 Å². The molecule has 5 nitrogen and oxygen atoms in total. The molecule has 116 valence electrons. The Morgan fingerprint density at radius 3 is 3.10 bits per heavy atom. The van der Waals surface area contributed by atoms with Crippen molar-refractivity contribution < 1.29 is 9.60 Å². The third-order valence-electron chi connectivity index (χ3n) is 3.93. The minimum Gasteiger partial charge on any atom is -0.409 e. The summed E-state index contributed by atoms with van der Waals surface area (Å²) in [6, 6.07) is 4.35. The van der Waals surface area contributed by atoms with E-state index in [1.807, 2.05) is 0 Å². The summed E-state index contributed by atoms with van der Waals surface area (Å²) in [7, 11) is 2.14. The number of nitrogens with one attached hydrogen (secondary N) is 1. The van der Waals surface area contributed by atoms with E-state index < -0.39 is 5.82 Å². The fourth-order valence-corrected chi connectivity index (χ4v) is 2.85. The van der Waals surface area contributed by atoms with E-state index in [1.165, 1.54) is 31.5 Å². The average molecular weight is 294 g/mol. The molecule has 0 saturated carbocycles. The van der Waals surface area contributed by atoms with Crippen LogP contribution in [0.4, 0.5) is 4.39 Å². The van der Waals surface area contributed by atoms with Gasteiger partial charge in [0.1, 0.15) is 5.82 Å². The van der Waals surface area contributed by atoms with E-state index in [4.69, 9.17) is 10.9 Å². The minimum atomic E-state index is -0.394. The molecule has 1 heterocycles. The third-order valence-corrected chi connectivity index (χ3v) is 3.93. The topological polar surface area (TPSA) is 73.9 Å². The van der Waals surface area contributed by atoms with E-state index in [0.717, 1.165) is 18.7 Å². The highest BCUT2D eigenvalue weighted by atomic mass is 19.1. The quantitative estimate of drug-likeness (QED) is 0.332. The fraction of sp³-hybridized carbons (Fsp3) is 0.533. The fourth-order valence-electron chi connectivity index (χ4n) is 2.85. The number of halogens is 1. The van der Waals surface area contributed by atoms with Gasteiger partial charge in [-0.05, 0) is 56.6 Å². The summed E-state index contributed by atoms with van der Waals surface area (Å²) in [6.45, 7) is 3.76. The SMILES string of the molecule is CN1CCCC(CNCc2ccc(F)cc2C(N)=NO)C1. The van der Waals surface area contributed by atoms with Gasteiger partial charge in [-0.3, -0.25) is 0 Å². The molecule has 1 aliphatic heterocycles. The first-order chi connectivity index (χ1) is 10.1. The molecular weight excluding hydrogens is 271 g/mol. The number of likely N-dealkylation sites (tertiary alicyclic amines) is 1. The normalized spacial score (nSPS) is 20.7. The standard InChI is InChI=1S/C15H23FN4O/c1-20-6-2-3-11(10-20)8-18-9-12-4-5-13(16)7-14(12)15(17)19-21/h4-5,7,11,18,21H,2-3,6,8-10H2,1H3,(H2,17,19). The first-order valence-electron chi connectivity index (χ1n) is 7.25. The summed E-state index contributed by atoms with van der Waals surface area (Å²) in [6.07, 6.45) is 2.46. The molecule has 6 heteroatoms. The average Bonchev–Trinajstić information content (AvgIpc) is 2.48. The van der Waals surface area contributed by atoms with Gasteiger partial charge in [0.05, 0.1) is 0 Å². The molecule has 1 fully saturated rings. The summed E-state index contributed by atoms with van der Waals surface area (Å²) >= 11 is 0. The van der Waals surface area contributed by atoms with E-state index in [2.05, 4.69) is 22.4 Å². The molecule has 21 heavy (non-hydrogen) atoms. The van der Waals surface area contributed by atoms with Crippen molar-refractivity contribution in [1.29, 1.82) is 0 Å². The van der Waals surface area contributed by atoms with Crippen LogP contribution >= 0.6 is 0 Å². The van der Waals surface area contributed by atoms with Gasteiger partial charge in [-0.2, -0.15) is 0 Å². The van der Waals surface area contributed by atoms with Gasteiger partial charge in [0.2, 0.25) is 0 Å². The lowest BCUT2D eigenvalue weighted by Crippen LogP contribution is -2.37. The number of piperidine rings is 1. The van der Waals surface area contributed by atoms with Gasteiger partial charge in [-0.15, -0.1) is 0 Å². The lowest BCUT2D eigenvalue weighted by molar-refractivity contribution is 0.206. The number of nitrogens with zero attached hydrogens (tertiary/aromatic N) is 2. The zero-order chi connectivity index (χ0) is 15.2. The Bertz CT molecular complexity index is 506. The van der Waals surface area contributed by atoms with Crippen molar-refractivity contribution in [2.24, 2.45) is 16.8 Å². The van der Waals surface area contributed by atoms with Crippen LogP contribution in [0.15, 0.2) is 23.4 Å². The number of rotatable bonds is 5. The van der Waals surface area contributed by atoms with Crippen molar-refractivity contribution in [3.05, 3.63) is 35.1 Å². The summed E-state index contributed by atoms with van der Waals surface area (Å²) in [5.41, 5.74) is 6.86. The second-order valence-electron chi connectivity index (χ2n) is 5.69. The van der Waals surface area contributed by atoms with Crippen LogP contribution in [0, 0.1) is 11.7 Å². The maximum Gasteiger partial charge on any atom is 0.170 e. The van der Waals surface area contributed by atoms with Crippen molar-refractivity contribution in [1.82, 2.24) is 10.2 Å². The Morgan fingerprint density at radius 1 is 1.57 bits per heavy atom. The Morgan fingerprint density at radius 2 is 2.38 bits per heavy atom. The molecule has 0 aromatic heterocycles. The minimum absolute atomic E-state index is 0.0660. The number of nitrogens with two attached hydrogens (primary N) is 1. The van der Waals surface area contributed by atoms with E-state index in [-0.39, 0.29) is 5.84 Å². The highest BCUT2D eigenvalue weighted by molar-refractivity contribution is 5.98. The lowest BCUT2D eigenvalue weighted by atomic mass is 9.98. The van der Waals surface area contributed by atoms with Crippen LogP contribution in [0.2, 0.25) is 0 Å². The maximum absolute atomic E-state index is 13.3. The van der Waals surface area contributed by atoms with Crippen LogP contribution in [0.5, 0.6) is 0 Å². The molecule has 0 aliphatic carbocycles. The van der Waals surface area contributed by atoms with Gasteiger partial charge in [0.25, 0.3) is 0 Å². The Labute approximate surface area is 124 Å². The smallest absolute Gasteiger partial charge is 0.170 e. The molecule has 4 N–H and O–H groups in total. The number of hydrogen-bond donors (Lipinski definition) is 3. The maximum atomic E-state index is 13.3. The molecule has 1 atom stereocenters. The second-order valence-corrected chi connectivity index (χ2v) is 5.69. The third kappa shape index (κ3) is 4.41. The predicted octanol–water partition coefficient (Wildman–Crippen LogP) is 1.35. The first kappa shape index (κ1) is 15.7. The van der Waals surface area contributed by atoms with Crippen LogP contribution in [-0.2, 0) is 6.54 Å². The first-order valence-corrected chi connectivity index (χ1v) is 7.25.